The molecule has 2 heterocycles. The Morgan fingerprint density at radius 1 is 1.06 bits per heavy atom. The summed E-state index contributed by atoms with van der Waals surface area (Å²) in [6.07, 6.45) is 9.68. The minimum Gasteiger partial charge on any atom is -0.486 e. The molecule has 4 nitrogen and oxygen atoms in total. The minimum atomic E-state index is -0.371. The minimum absolute atomic E-state index is 0.00746. The van der Waals surface area contributed by atoms with Crippen molar-refractivity contribution in [1.29, 1.82) is 0 Å². The number of anilines is 1. The maximum atomic E-state index is 12.4. The molecule has 0 bridgehead atoms. The Morgan fingerprint density at radius 2 is 1.81 bits per heavy atom. The molecule has 3 rings (SSSR count). The van der Waals surface area contributed by atoms with Crippen molar-refractivity contribution in [2.24, 2.45) is 0 Å². The van der Waals surface area contributed by atoms with Crippen LogP contribution < -0.4 is 5.32 Å². The zero-order chi connectivity index (χ0) is 22.1. The molecule has 0 spiro atoms. The van der Waals surface area contributed by atoms with Gasteiger partial charge >= 0.3 is 0 Å². The summed E-state index contributed by atoms with van der Waals surface area (Å²) < 4.78 is 5.44. The molecule has 1 aromatic heterocycles. The SMILES string of the molecule is CCCCCCCCC1(C)SC(=O)C=C1OCC(=O)Nc1ccc(-c2cccs2)cc1. The molecule has 1 atom stereocenters. The molecular formula is C25H31NO3S2. The Balaban J connectivity index is 1.46. The lowest BCUT2D eigenvalue weighted by Gasteiger charge is -2.26. The van der Waals surface area contributed by atoms with Gasteiger partial charge in [0.05, 0.1) is 4.75 Å². The van der Waals surface area contributed by atoms with E-state index in [9.17, 15) is 9.59 Å². The van der Waals surface area contributed by atoms with Crippen LogP contribution in [0.1, 0.15) is 58.8 Å². The number of ether oxygens (including phenoxy) is 1. The first kappa shape index (κ1) is 23.6. The molecule has 1 N–H and O–H groups in total. The molecule has 1 amide bonds. The molecule has 0 aliphatic carbocycles. The van der Waals surface area contributed by atoms with E-state index in [1.165, 1.54) is 48.7 Å². The highest BCUT2D eigenvalue weighted by atomic mass is 32.2. The van der Waals surface area contributed by atoms with Crippen LogP contribution in [0, 0.1) is 0 Å². The van der Waals surface area contributed by atoms with Gasteiger partial charge in [0.25, 0.3) is 5.91 Å². The second-order valence-corrected chi connectivity index (χ2v) is 10.5. The highest BCUT2D eigenvalue weighted by Gasteiger charge is 2.39. The van der Waals surface area contributed by atoms with Crippen LogP contribution in [0.3, 0.4) is 0 Å². The van der Waals surface area contributed by atoms with Crippen molar-refractivity contribution in [1.82, 2.24) is 0 Å². The second-order valence-electron chi connectivity index (χ2n) is 8.07. The molecule has 0 fully saturated rings. The van der Waals surface area contributed by atoms with Crippen LogP contribution in [0.4, 0.5) is 5.69 Å². The molecule has 1 aromatic carbocycles. The Hall–Kier alpha value is -2.05. The first-order valence-electron chi connectivity index (χ1n) is 11.0. The molecule has 1 unspecified atom stereocenters. The average molecular weight is 458 g/mol. The molecule has 0 saturated carbocycles. The van der Waals surface area contributed by atoms with Crippen LogP contribution >= 0.6 is 23.1 Å². The number of hydrogen-bond donors (Lipinski definition) is 1. The molecule has 6 heteroatoms. The van der Waals surface area contributed by atoms with E-state index in [1.807, 2.05) is 42.6 Å². The zero-order valence-corrected chi connectivity index (χ0v) is 19.9. The van der Waals surface area contributed by atoms with Gasteiger partial charge in [0.2, 0.25) is 5.12 Å². The lowest BCUT2D eigenvalue weighted by Crippen LogP contribution is -2.26. The summed E-state index contributed by atoms with van der Waals surface area (Å²) in [5.41, 5.74) is 1.86. The third-order valence-corrected chi connectivity index (χ3v) is 7.53. The van der Waals surface area contributed by atoms with Gasteiger partial charge in [0, 0.05) is 16.6 Å². The normalized spacial score (nSPS) is 18.1. The summed E-state index contributed by atoms with van der Waals surface area (Å²) in [6.45, 7) is 4.16. The molecule has 31 heavy (non-hydrogen) atoms. The monoisotopic (exact) mass is 457 g/mol. The van der Waals surface area contributed by atoms with Gasteiger partial charge in [0.1, 0.15) is 5.76 Å². The van der Waals surface area contributed by atoms with E-state index >= 15 is 0 Å². The first-order chi connectivity index (χ1) is 15.0. The average Bonchev–Trinajstić information content (AvgIpc) is 3.38. The van der Waals surface area contributed by atoms with Crippen molar-refractivity contribution in [2.75, 3.05) is 11.9 Å². The zero-order valence-electron chi connectivity index (χ0n) is 18.3. The summed E-state index contributed by atoms with van der Waals surface area (Å²) in [7, 11) is 0. The summed E-state index contributed by atoms with van der Waals surface area (Å²) in [4.78, 5) is 25.6. The topological polar surface area (TPSA) is 55.4 Å². The fourth-order valence-electron chi connectivity index (χ4n) is 3.67. The van der Waals surface area contributed by atoms with Crippen molar-refractivity contribution in [3.8, 4) is 10.4 Å². The maximum absolute atomic E-state index is 12.4. The van der Waals surface area contributed by atoms with Crippen LogP contribution in [-0.4, -0.2) is 22.4 Å². The van der Waals surface area contributed by atoms with Gasteiger partial charge in [-0.2, -0.15) is 0 Å². The van der Waals surface area contributed by atoms with Gasteiger partial charge in [-0.15, -0.1) is 11.3 Å². The van der Waals surface area contributed by atoms with Crippen LogP contribution in [0.2, 0.25) is 0 Å². The third kappa shape index (κ3) is 6.97. The lowest BCUT2D eigenvalue weighted by molar-refractivity contribution is -0.119. The van der Waals surface area contributed by atoms with Crippen LogP contribution in [0.25, 0.3) is 10.4 Å². The Kier molecular flexibility index (Phi) is 8.79. The predicted molar refractivity (Wildman–Crippen MR) is 131 cm³/mol. The van der Waals surface area contributed by atoms with Crippen LogP contribution in [-0.2, 0) is 14.3 Å². The number of thiophene rings is 1. The van der Waals surface area contributed by atoms with Crippen molar-refractivity contribution >= 4 is 39.8 Å². The Morgan fingerprint density at radius 3 is 2.52 bits per heavy atom. The fraction of sp³-hybridized carbons (Fsp3) is 0.440. The number of carbonyl (C=O) groups is 2. The number of amides is 1. The molecule has 1 aliphatic heterocycles. The summed E-state index contributed by atoms with van der Waals surface area (Å²) >= 11 is 3.00. The number of unbranched alkanes of at least 4 members (excludes halogenated alkanes) is 5. The van der Waals surface area contributed by atoms with Crippen LogP contribution in [0.15, 0.2) is 53.6 Å². The maximum Gasteiger partial charge on any atom is 0.262 e. The fourth-order valence-corrected chi connectivity index (χ4v) is 5.48. The summed E-state index contributed by atoms with van der Waals surface area (Å²) in [5, 5.41) is 4.92. The quantitative estimate of drug-likeness (QED) is 0.347. The molecule has 0 saturated heterocycles. The first-order valence-corrected chi connectivity index (χ1v) is 12.7. The number of benzene rings is 1. The van der Waals surface area contributed by atoms with E-state index in [4.69, 9.17) is 4.74 Å². The van der Waals surface area contributed by atoms with Gasteiger partial charge < -0.3 is 10.1 Å². The number of thioether (sulfide) groups is 1. The standard InChI is InChI=1S/C25H31NO3S2/c1-3-4-5-6-7-8-15-25(2)22(17-24(28)31-25)29-18-23(27)26-20-13-11-19(12-14-20)21-10-9-16-30-21/h9-14,16-17H,3-8,15,18H2,1-2H3,(H,26,27). The van der Waals surface area contributed by atoms with Gasteiger partial charge in [-0.05, 0) is 42.5 Å². The Bertz CT molecular complexity index is 890. The smallest absolute Gasteiger partial charge is 0.262 e. The highest BCUT2D eigenvalue weighted by molar-refractivity contribution is 8.15. The number of nitrogens with one attached hydrogen (secondary N) is 1. The number of carbonyl (C=O) groups excluding carboxylic acids is 2. The van der Waals surface area contributed by atoms with Gasteiger partial charge in [-0.25, -0.2) is 0 Å². The molecule has 2 aromatic rings. The van der Waals surface area contributed by atoms with Crippen molar-refractivity contribution in [3.63, 3.8) is 0 Å². The van der Waals surface area contributed by atoms with E-state index in [0.29, 0.717) is 5.76 Å². The third-order valence-electron chi connectivity index (χ3n) is 5.44. The number of rotatable bonds is 12. The van der Waals surface area contributed by atoms with E-state index in [1.54, 1.807) is 17.4 Å². The van der Waals surface area contributed by atoms with Crippen LogP contribution in [0.5, 0.6) is 0 Å². The van der Waals surface area contributed by atoms with Gasteiger partial charge in [-0.3, -0.25) is 9.59 Å². The Labute approximate surface area is 193 Å². The predicted octanol–water partition coefficient (Wildman–Crippen LogP) is 7.04. The lowest BCUT2D eigenvalue weighted by atomic mass is 9.99. The van der Waals surface area contributed by atoms with Gasteiger partial charge in [0.15, 0.2) is 6.61 Å². The molecule has 0 radical (unpaired) electrons. The molecular weight excluding hydrogens is 426 g/mol. The van der Waals surface area contributed by atoms with E-state index in [2.05, 4.69) is 18.3 Å². The van der Waals surface area contributed by atoms with E-state index < -0.39 is 0 Å². The van der Waals surface area contributed by atoms with E-state index in [-0.39, 0.29) is 22.4 Å². The van der Waals surface area contributed by atoms with Crippen molar-refractivity contribution < 1.29 is 14.3 Å². The second kappa shape index (κ2) is 11.5. The summed E-state index contributed by atoms with van der Waals surface area (Å²) in [5.74, 6) is 0.398. The van der Waals surface area contributed by atoms with Crippen molar-refractivity contribution in [3.05, 3.63) is 53.6 Å². The largest absolute Gasteiger partial charge is 0.486 e. The number of hydrogen-bond acceptors (Lipinski definition) is 5. The van der Waals surface area contributed by atoms with Gasteiger partial charge in [-0.1, -0.05) is 75.4 Å². The molecule has 1 aliphatic rings. The summed E-state index contributed by atoms with van der Waals surface area (Å²) in [6, 6.07) is 11.9. The van der Waals surface area contributed by atoms with E-state index in [0.717, 1.165) is 24.1 Å². The molecule has 166 valence electrons. The van der Waals surface area contributed by atoms with Crippen molar-refractivity contribution in [2.45, 2.75) is 63.5 Å². The highest BCUT2D eigenvalue weighted by Crippen LogP contribution is 2.44.